The Morgan fingerprint density at radius 1 is 0.765 bits per heavy atom. The van der Waals surface area contributed by atoms with E-state index in [-0.39, 0.29) is 23.0 Å². The number of nitrogens with one attached hydrogen (secondary N) is 1. The summed E-state index contributed by atoms with van der Waals surface area (Å²) in [6.07, 6.45) is 0. The molecule has 6 rings (SSSR count). The standard InChI is InChI=1S/C28H16N2O3S/c31-26-17-8-1-2-9-18(17)27(32)25-19(26)10-5-12-22(25)30-28(33)20-15-23(24-13-6-14-34-24)29-21-11-4-3-7-16(20)21/h1-15H,(H,30,33). The molecule has 0 radical (unpaired) electrons. The fourth-order valence-electron chi connectivity index (χ4n) is 4.35. The van der Waals surface area contributed by atoms with E-state index in [0.29, 0.717) is 44.5 Å². The number of para-hydroxylation sites is 1. The Balaban J connectivity index is 1.46. The molecule has 2 aromatic heterocycles. The molecule has 0 saturated heterocycles. The first-order valence-corrected chi connectivity index (χ1v) is 11.6. The second-order valence-electron chi connectivity index (χ2n) is 7.94. The summed E-state index contributed by atoms with van der Waals surface area (Å²) in [4.78, 5) is 45.5. The Hall–Kier alpha value is -4.42. The molecule has 1 aliphatic carbocycles. The minimum Gasteiger partial charge on any atom is -0.321 e. The molecule has 3 aromatic carbocycles. The van der Waals surface area contributed by atoms with Crippen LogP contribution in [0.25, 0.3) is 21.5 Å². The van der Waals surface area contributed by atoms with Crippen molar-refractivity contribution in [1.29, 1.82) is 0 Å². The van der Waals surface area contributed by atoms with Crippen LogP contribution in [0.5, 0.6) is 0 Å². The molecular formula is C28H16N2O3S. The summed E-state index contributed by atoms with van der Waals surface area (Å²) in [6.45, 7) is 0. The molecule has 5 aromatic rings. The number of ketones is 2. The number of rotatable bonds is 3. The molecule has 1 amide bonds. The van der Waals surface area contributed by atoms with Crippen molar-refractivity contribution in [2.45, 2.75) is 0 Å². The third-order valence-electron chi connectivity index (χ3n) is 5.94. The highest BCUT2D eigenvalue weighted by molar-refractivity contribution is 7.13. The topological polar surface area (TPSA) is 76.1 Å². The van der Waals surface area contributed by atoms with Crippen LogP contribution in [0.3, 0.4) is 0 Å². The smallest absolute Gasteiger partial charge is 0.256 e. The molecule has 162 valence electrons. The number of carbonyl (C=O) groups excluding carboxylic acids is 3. The highest BCUT2D eigenvalue weighted by atomic mass is 32.1. The van der Waals surface area contributed by atoms with Crippen LogP contribution >= 0.6 is 11.3 Å². The van der Waals surface area contributed by atoms with Crippen molar-refractivity contribution in [3.63, 3.8) is 0 Å². The predicted molar refractivity (Wildman–Crippen MR) is 133 cm³/mol. The lowest BCUT2D eigenvalue weighted by Gasteiger charge is -2.20. The maximum Gasteiger partial charge on any atom is 0.256 e. The van der Waals surface area contributed by atoms with Crippen LogP contribution in [0.2, 0.25) is 0 Å². The molecule has 5 nitrogen and oxygen atoms in total. The molecule has 34 heavy (non-hydrogen) atoms. The van der Waals surface area contributed by atoms with Crippen molar-refractivity contribution in [3.05, 3.63) is 118 Å². The first-order chi connectivity index (χ1) is 16.6. The zero-order chi connectivity index (χ0) is 23.2. The first-order valence-electron chi connectivity index (χ1n) is 10.7. The summed E-state index contributed by atoms with van der Waals surface area (Å²) in [6, 6.07) is 24.8. The number of benzene rings is 3. The Bertz CT molecular complexity index is 1640. The number of pyridine rings is 1. The highest BCUT2D eigenvalue weighted by Crippen LogP contribution is 2.33. The lowest BCUT2D eigenvalue weighted by atomic mass is 9.83. The van der Waals surface area contributed by atoms with Crippen LogP contribution in [0.4, 0.5) is 5.69 Å². The molecule has 0 fully saturated rings. The molecule has 1 aliphatic rings. The number of fused-ring (bicyclic) bond motifs is 3. The van der Waals surface area contributed by atoms with Gasteiger partial charge in [-0.2, -0.15) is 0 Å². The fraction of sp³-hybridized carbons (Fsp3) is 0. The van der Waals surface area contributed by atoms with Crippen LogP contribution in [-0.2, 0) is 0 Å². The van der Waals surface area contributed by atoms with Crippen LogP contribution in [0.15, 0.2) is 90.3 Å². The highest BCUT2D eigenvalue weighted by Gasteiger charge is 2.32. The molecule has 6 heteroatoms. The molecule has 1 N–H and O–H groups in total. The van der Waals surface area contributed by atoms with Gasteiger partial charge < -0.3 is 5.32 Å². The summed E-state index contributed by atoms with van der Waals surface area (Å²) < 4.78 is 0. The van der Waals surface area contributed by atoms with E-state index in [1.807, 2.05) is 41.8 Å². The van der Waals surface area contributed by atoms with Gasteiger partial charge in [-0.15, -0.1) is 11.3 Å². The van der Waals surface area contributed by atoms with Gasteiger partial charge in [0, 0.05) is 22.1 Å². The molecule has 0 saturated carbocycles. The first kappa shape index (κ1) is 20.2. The van der Waals surface area contributed by atoms with Crippen molar-refractivity contribution in [2.75, 3.05) is 5.32 Å². The summed E-state index contributed by atoms with van der Waals surface area (Å²) in [7, 11) is 0. The van der Waals surface area contributed by atoms with Gasteiger partial charge in [0.05, 0.1) is 32.9 Å². The average Bonchev–Trinajstić information content (AvgIpc) is 3.42. The third-order valence-corrected chi connectivity index (χ3v) is 6.83. The number of anilines is 1. The predicted octanol–water partition coefficient (Wildman–Crippen LogP) is 5.99. The summed E-state index contributed by atoms with van der Waals surface area (Å²) >= 11 is 1.55. The SMILES string of the molecule is O=C1c2ccccc2C(=O)c2c(NC(=O)c3cc(-c4cccs4)nc4ccccc34)cccc21. The van der Waals surface area contributed by atoms with E-state index in [0.717, 1.165) is 4.88 Å². The van der Waals surface area contributed by atoms with Gasteiger partial charge in [-0.05, 0) is 29.6 Å². The van der Waals surface area contributed by atoms with Gasteiger partial charge in [-0.1, -0.05) is 60.7 Å². The van der Waals surface area contributed by atoms with E-state index in [1.165, 1.54) is 0 Å². The van der Waals surface area contributed by atoms with E-state index in [2.05, 4.69) is 5.32 Å². The number of amides is 1. The Kier molecular flexibility index (Phi) is 4.67. The number of aromatic nitrogens is 1. The van der Waals surface area contributed by atoms with Crippen LogP contribution < -0.4 is 5.32 Å². The molecule has 0 bridgehead atoms. The summed E-state index contributed by atoms with van der Waals surface area (Å²) in [5, 5.41) is 5.56. The largest absolute Gasteiger partial charge is 0.321 e. The molecule has 0 unspecified atom stereocenters. The van der Waals surface area contributed by atoms with Gasteiger partial charge in [-0.3, -0.25) is 14.4 Å². The average molecular weight is 461 g/mol. The lowest BCUT2D eigenvalue weighted by Crippen LogP contribution is -2.24. The van der Waals surface area contributed by atoms with E-state index in [4.69, 9.17) is 4.98 Å². The molecule has 2 heterocycles. The Labute approximate surface area is 198 Å². The van der Waals surface area contributed by atoms with Crippen molar-refractivity contribution in [3.8, 4) is 10.6 Å². The van der Waals surface area contributed by atoms with E-state index >= 15 is 0 Å². The minimum absolute atomic E-state index is 0.219. The quantitative estimate of drug-likeness (QED) is 0.352. The van der Waals surface area contributed by atoms with Crippen molar-refractivity contribution in [2.24, 2.45) is 0 Å². The second kappa shape index (κ2) is 7.86. The van der Waals surface area contributed by atoms with Crippen molar-refractivity contribution in [1.82, 2.24) is 4.98 Å². The molecular weight excluding hydrogens is 444 g/mol. The van der Waals surface area contributed by atoms with Crippen LogP contribution in [0.1, 0.15) is 42.2 Å². The molecule has 0 atom stereocenters. The summed E-state index contributed by atoms with van der Waals surface area (Å²) in [5.41, 5.74) is 3.40. The van der Waals surface area contributed by atoms with Gasteiger partial charge in [0.1, 0.15) is 0 Å². The van der Waals surface area contributed by atoms with Crippen LogP contribution in [-0.4, -0.2) is 22.5 Å². The van der Waals surface area contributed by atoms with E-state index in [9.17, 15) is 14.4 Å². The van der Waals surface area contributed by atoms with Gasteiger partial charge >= 0.3 is 0 Å². The normalized spacial score (nSPS) is 12.4. The van der Waals surface area contributed by atoms with Crippen LogP contribution in [0, 0.1) is 0 Å². The number of hydrogen-bond donors (Lipinski definition) is 1. The zero-order valence-corrected chi connectivity index (χ0v) is 18.6. The number of thiophene rings is 1. The van der Waals surface area contributed by atoms with E-state index in [1.54, 1.807) is 59.9 Å². The molecule has 0 spiro atoms. The maximum absolute atomic E-state index is 13.5. The second-order valence-corrected chi connectivity index (χ2v) is 8.88. The number of carbonyl (C=O) groups is 3. The fourth-order valence-corrected chi connectivity index (χ4v) is 5.04. The maximum atomic E-state index is 13.5. The van der Waals surface area contributed by atoms with Crippen molar-refractivity contribution >= 4 is 45.4 Å². The zero-order valence-electron chi connectivity index (χ0n) is 17.7. The molecule has 0 aliphatic heterocycles. The van der Waals surface area contributed by atoms with E-state index < -0.39 is 0 Å². The summed E-state index contributed by atoms with van der Waals surface area (Å²) in [5.74, 6) is -0.875. The Morgan fingerprint density at radius 2 is 1.50 bits per heavy atom. The van der Waals surface area contributed by atoms with Gasteiger partial charge in [0.25, 0.3) is 5.91 Å². The van der Waals surface area contributed by atoms with Gasteiger partial charge in [0.2, 0.25) is 0 Å². The number of hydrogen-bond acceptors (Lipinski definition) is 5. The monoisotopic (exact) mass is 460 g/mol. The third kappa shape index (κ3) is 3.16. The van der Waals surface area contributed by atoms with Crippen molar-refractivity contribution < 1.29 is 14.4 Å². The lowest BCUT2D eigenvalue weighted by molar-refractivity contribution is 0.0978. The number of nitrogens with zero attached hydrogens (tertiary/aromatic N) is 1. The minimum atomic E-state index is -0.371. The van der Waals surface area contributed by atoms with Gasteiger partial charge in [-0.25, -0.2) is 4.98 Å². The Morgan fingerprint density at radius 3 is 2.29 bits per heavy atom. The van der Waals surface area contributed by atoms with Gasteiger partial charge in [0.15, 0.2) is 11.6 Å².